The first-order valence-corrected chi connectivity index (χ1v) is 14.0. The predicted molar refractivity (Wildman–Crippen MR) is 156 cm³/mol. The lowest BCUT2D eigenvalue weighted by Crippen LogP contribution is -2.39. The molecule has 0 fully saturated rings. The number of methoxy groups -OCH3 is 1. The van der Waals surface area contributed by atoms with Gasteiger partial charge in [0.25, 0.3) is 15.9 Å². The van der Waals surface area contributed by atoms with Crippen molar-refractivity contribution in [3.63, 3.8) is 0 Å². The molecule has 0 saturated carbocycles. The number of amides is 1. The molecule has 0 atom stereocenters. The van der Waals surface area contributed by atoms with Crippen LogP contribution in [0.2, 0.25) is 0 Å². The molecule has 40 heavy (non-hydrogen) atoms. The average molecular weight is 558 g/mol. The highest BCUT2D eigenvalue weighted by Gasteiger charge is 2.27. The molecule has 0 unspecified atom stereocenters. The molecule has 0 aliphatic heterocycles. The zero-order valence-electron chi connectivity index (χ0n) is 22.6. The lowest BCUT2D eigenvalue weighted by molar-refractivity contribution is -0.119. The fourth-order valence-corrected chi connectivity index (χ4v) is 5.17. The van der Waals surface area contributed by atoms with Crippen LogP contribution >= 0.6 is 0 Å². The quantitative estimate of drug-likeness (QED) is 0.201. The minimum absolute atomic E-state index is 0.0369. The van der Waals surface area contributed by atoms with Gasteiger partial charge >= 0.3 is 0 Å². The molecule has 1 amide bonds. The number of benzene rings is 4. The van der Waals surface area contributed by atoms with E-state index in [-0.39, 0.29) is 4.90 Å². The summed E-state index contributed by atoms with van der Waals surface area (Å²) < 4.78 is 39.0. The van der Waals surface area contributed by atoms with Crippen LogP contribution in [-0.4, -0.2) is 34.2 Å². The van der Waals surface area contributed by atoms with Gasteiger partial charge in [-0.3, -0.25) is 9.10 Å². The van der Waals surface area contributed by atoms with E-state index in [1.54, 1.807) is 36.4 Å². The van der Waals surface area contributed by atoms with Gasteiger partial charge in [-0.1, -0.05) is 47.5 Å². The van der Waals surface area contributed by atoms with Crippen molar-refractivity contribution in [1.82, 2.24) is 5.43 Å². The van der Waals surface area contributed by atoms with Crippen molar-refractivity contribution < 1.29 is 22.7 Å². The smallest absolute Gasteiger partial charge is 0.264 e. The number of hydrogen-bond acceptors (Lipinski definition) is 6. The Kier molecular flexibility index (Phi) is 9.19. The summed E-state index contributed by atoms with van der Waals surface area (Å²) in [7, 11) is -2.54. The van der Waals surface area contributed by atoms with Crippen LogP contribution in [0.25, 0.3) is 0 Å². The number of aryl methyl sites for hydroxylation is 2. The van der Waals surface area contributed by atoms with Crippen LogP contribution in [-0.2, 0) is 21.4 Å². The standard InChI is InChI=1S/C31H31N3O5S/c1-23-4-8-26(9-5-23)22-39-29-14-10-25(11-15-29)20-32-33-31(35)21-34(27-12-6-24(2)7-13-27)40(36,37)30-18-16-28(38-3)17-19-30/h4-20H,21-22H2,1-3H3,(H,33,35)/b32-20-. The highest BCUT2D eigenvalue weighted by molar-refractivity contribution is 7.92. The van der Waals surface area contributed by atoms with Gasteiger partial charge in [-0.2, -0.15) is 5.10 Å². The van der Waals surface area contributed by atoms with Crippen LogP contribution in [0, 0.1) is 13.8 Å². The molecule has 4 aromatic rings. The topological polar surface area (TPSA) is 97.3 Å². The number of carbonyl (C=O) groups is 1. The van der Waals surface area contributed by atoms with E-state index in [9.17, 15) is 13.2 Å². The number of nitrogens with one attached hydrogen (secondary N) is 1. The molecular weight excluding hydrogens is 526 g/mol. The fourth-order valence-electron chi connectivity index (χ4n) is 3.75. The van der Waals surface area contributed by atoms with Crippen molar-refractivity contribution in [1.29, 1.82) is 0 Å². The summed E-state index contributed by atoms with van der Waals surface area (Å²) in [6.07, 6.45) is 1.48. The molecule has 0 radical (unpaired) electrons. The van der Waals surface area contributed by atoms with Crippen molar-refractivity contribution in [3.8, 4) is 11.5 Å². The third-order valence-corrected chi connectivity index (χ3v) is 7.85. The summed E-state index contributed by atoms with van der Waals surface area (Å²) in [5.74, 6) is 0.644. The maximum absolute atomic E-state index is 13.5. The Hall–Kier alpha value is -4.63. The molecule has 0 aliphatic rings. The van der Waals surface area contributed by atoms with Gasteiger partial charge in [-0.25, -0.2) is 13.8 Å². The summed E-state index contributed by atoms with van der Waals surface area (Å²) in [6, 6.07) is 28.3. The number of carbonyl (C=O) groups excluding carboxylic acids is 1. The van der Waals surface area contributed by atoms with Gasteiger partial charge in [0.15, 0.2) is 0 Å². The van der Waals surface area contributed by atoms with E-state index in [4.69, 9.17) is 9.47 Å². The van der Waals surface area contributed by atoms with Crippen molar-refractivity contribution in [2.24, 2.45) is 5.10 Å². The van der Waals surface area contributed by atoms with Gasteiger partial charge in [0, 0.05) is 0 Å². The van der Waals surface area contributed by atoms with Gasteiger partial charge in [0.05, 0.1) is 23.9 Å². The number of nitrogens with zero attached hydrogens (tertiary/aromatic N) is 2. The van der Waals surface area contributed by atoms with E-state index in [1.807, 2.05) is 62.4 Å². The number of anilines is 1. The summed E-state index contributed by atoms with van der Waals surface area (Å²) >= 11 is 0. The maximum atomic E-state index is 13.5. The van der Waals surface area contributed by atoms with E-state index in [0.29, 0.717) is 23.8 Å². The molecular formula is C31H31N3O5S. The van der Waals surface area contributed by atoms with Crippen LogP contribution in [0.4, 0.5) is 5.69 Å². The van der Waals surface area contributed by atoms with Crippen LogP contribution in [0.1, 0.15) is 22.3 Å². The second-order valence-electron chi connectivity index (χ2n) is 9.16. The van der Waals surface area contributed by atoms with Crippen LogP contribution in [0.3, 0.4) is 0 Å². The average Bonchev–Trinajstić information content (AvgIpc) is 2.97. The summed E-state index contributed by atoms with van der Waals surface area (Å²) in [6.45, 7) is 3.94. The Labute approximate surface area is 234 Å². The Morgan fingerprint density at radius 3 is 2.00 bits per heavy atom. The van der Waals surface area contributed by atoms with E-state index < -0.39 is 22.5 Å². The molecule has 0 spiro atoms. The number of hydrazone groups is 1. The van der Waals surface area contributed by atoms with Gasteiger partial charge in [0.2, 0.25) is 0 Å². The molecule has 0 bridgehead atoms. The van der Waals surface area contributed by atoms with E-state index in [1.165, 1.54) is 31.0 Å². The number of rotatable bonds is 11. The van der Waals surface area contributed by atoms with E-state index in [2.05, 4.69) is 10.5 Å². The van der Waals surface area contributed by atoms with Gasteiger partial charge < -0.3 is 9.47 Å². The zero-order valence-corrected chi connectivity index (χ0v) is 23.4. The summed E-state index contributed by atoms with van der Waals surface area (Å²) in [5.41, 5.74) is 6.76. The Bertz CT molecular complexity index is 1550. The molecule has 0 saturated heterocycles. The minimum atomic E-state index is -4.05. The Morgan fingerprint density at radius 2 is 1.40 bits per heavy atom. The molecule has 4 rings (SSSR count). The highest BCUT2D eigenvalue weighted by atomic mass is 32.2. The van der Waals surface area contributed by atoms with Gasteiger partial charge in [0.1, 0.15) is 24.7 Å². The second-order valence-corrected chi connectivity index (χ2v) is 11.0. The molecule has 9 heteroatoms. The first-order valence-electron chi connectivity index (χ1n) is 12.6. The minimum Gasteiger partial charge on any atom is -0.497 e. The molecule has 4 aromatic carbocycles. The van der Waals surface area contributed by atoms with Crippen LogP contribution < -0.4 is 19.2 Å². The van der Waals surface area contributed by atoms with Gasteiger partial charge in [-0.05, 0) is 85.6 Å². The highest BCUT2D eigenvalue weighted by Crippen LogP contribution is 2.25. The van der Waals surface area contributed by atoms with E-state index >= 15 is 0 Å². The lowest BCUT2D eigenvalue weighted by Gasteiger charge is -2.24. The summed E-state index contributed by atoms with van der Waals surface area (Å²) in [5, 5.41) is 4.01. The van der Waals surface area contributed by atoms with E-state index in [0.717, 1.165) is 21.0 Å². The number of ether oxygens (including phenoxy) is 2. The SMILES string of the molecule is COc1ccc(S(=O)(=O)N(CC(=O)N/N=C\c2ccc(OCc3ccc(C)cc3)cc2)c2ccc(C)cc2)cc1. The van der Waals surface area contributed by atoms with Crippen LogP contribution in [0.15, 0.2) is 107 Å². The molecule has 0 aromatic heterocycles. The molecule has 0 aliphatic carbocycles. The Morgan fingerprint density at radius 1 is 0.825 bits per heavy atom. The van der Waals surface area contributed by atoms with Crippen molar-refractivity contribution in [2.45, 2.75) is 25.3 Å². The first kappa shape index (κ1) is 28.4. The monoisotopic (exact) mass is 557 g/mol. The largest absolute Gasteiger partial charge is 0.497 e. The number of hydrogen-bond donors (Lipinski definition) is 1. The molecule has 0 heterocycles. The van der Waals surface area contributed by atoms with Crippen molar-refractivity contribution >= 4 is 27.8 Å². The third-order valence-electron chi connectivity index (χ3n) is 6.07. The number of sulfonamides is 1. The van der Waals surface area contributed by atoms with Crippen molar-refractivity contribution in [2.75, 3.05) is 18.0 Å². The summed E-state index contributed by atoms with van der Waals surface area (Å²) in [4.78, 5) is 12.8. The Balaban J connectivity index is 1.40. The zero-order chi connectivity index (χ0) is 28.5. The third kappa shape index (κ3) is 7.48. The maximum Gasteiger partial charge on any atom is 0.264 e. The molecule has 8 nitrogen and oxygen atoms in total. The molecule has 1 N–H and O–H groups in total. The lowest BCUT2D eigenvalue weighted by atomic mass is 10.2. The molecule has 206 valence electrons. The van der Waals surface area contributed by atoms with Gasteiger partial charge in [-0.15, -0.1) is 0 Å². The fraction of sp³-hybridized carbons (Fsp3) is 0.161. The normalized spacial score (nSPS) is 11.3. The first-order chi connectivity index (χ1) is 19.2. The van der Waals surface area contributed by atoms with Crippen LogP contribution in [0.5, 0.6) is 11.5 Å². The predicted octanol–water partition coefficient (Wildman–Crippen LogP) is 5.24. The van der Waals surface area contributed by atoms with Crippen molar-refractivity contribution in [3.05, 3.63) is 119 Å². The second kappa shape index (κ2) is 12.9.